The van der Waals surface area contributed by atoms with Crippen LogP contribution in [0.2, 0.25) is 0 Å². The molecule has 0 saturated heterocycles. The number of carbonyl (C=O) groups excluding carboxylic acids is 1. The van der Waals surface area contributed by atoms with Crippen molar-refractivity contribution in [2.24, 2.45) is 0 Å². The van der Waals surface area contributed by atoms with Gasteiger partial charge >= 0.3 is 0 Å². The molecule has 6 heteroatoms. The van der Waals surface area contributed by atoms with Gasteiger partial charge in [-0.05, 0) is 43.6 Å². The standard InChI is InChI=1S/C17H21N3OS2/c1-11-7-5-6-10-13(11)19-16(21)14-15(18)20(17(22)23-14)12-8-3-2-4-9-12/h5-7,10,12H,2-4,8-9,18H2,1H3,(H,19,21). The number of benzene rings is 1. The lowest BCUT2D eigenvalue weighted by atomic mass is 9.95. The van der Waals surface area contributed by atoms with E-state index >= 15 is 0 Å². The second kappa shape index (κ2) is 6.84. The number of carbonyl (C=O) groups is 1. The van der Waals surface area contributed by atoms with Crippen LogP contribution >= 0.6 is 23.6 Å². The summed E-state index contributed by atoms with van der Waals surface area (Å²) in [5.74, 6) is 0.334. The summed E-state index contributed by atoms with van der Waals surface area (Å²) in [5, 5.41) is 2.94. The minimum Gasteiger partial charge on any atom is -0.384 e. The van der Waals surface area contributed by atoms with Gasteiger partial charge < -0.3 is 15.6 Å². The Hall–Kier alpha value is -1.66. The maximum absolute atomic E-state index is 12.6. The fourth-order valence-electron chi connectivity index (χ4n) is 3.14. The van der Waals surface area contributed by atoms with Crippen LogP contribution < -0.4 is 11.1 Å². The van der Waals surface area contributed by atoms with E-state index in [1.165, 1.54) is 30.6 Å². The molecule has 0 spiro atoms. The molecule has 0 aliphatic heterocycles. The molecule has 1 aliphatic carbocycles. The van der Waals surface area contributed by atoms with E-state index in [-0.39, 0.29) is 5.91 Å². The van der Waals surface area contributed by atoms with E-state index in [9.17, 15) is 4.79 Å². The molecule has 1 fully saturated rings. The van der Waals surface area contributed by atoms with E-state index in [0.29, 0.717) is 20.7 Å². The molecule has 3 rings (SSSR count). The van der Waals surface area contributed by atoms with Crippen molar-refractivity contribution in [2.75, 3.05) is 11.1 Å². The second-order valence-electron chi connectivity index (χ2n) is 6.01. The van der Waals surface area contributed by atoms with Crippen LogP contribution in [0.1, 0.15) is 53.4 Å². The summed E-state index contributed by atoms with van der Waals surface area (Å²) in [6.07, 6.45) is 5.86. The third-order valence-corrected chi connectivity index (χ3v) is 5.83. The largest absolute Gasteiger partial charge is 0.384 e. The van der Waals surface area contributed by atoms with Gasteiger partial charge in [0.25, 0.3) is 5.91 Å². The zero-order valence-corrected chi connectivity index (χ0v) is 14.8. The molecule has 1 aliphatic rings. The van der Waals surface area contributed by atoms with Gasteiger partial charge in [0.2, 0.25) is 0 Å². The number of amides is 1. The van der Waals surface area contributed by atoms with E-state index in [4.69, 9.17) is 18.0 Å². The topological polar surface area (TPSA) is 60.0 Å². The number of aromatic nitrogens is 1. The first-order valence-electron chi connectivity index (χ1n) is 7.95. The smallest absolute Gasteiger partial charge is 0.269 e. The first-order chi connectivity index (χ1) is 11.1. The monoisotopic (exact) mass is 347 g/mol. The van der Waals surface area contributed by atoms with Crippen LogP contribution in [-0.2, 0) is 0 Å². The number of thiazole rings is 1. The van der Waals surface area contributed by atoms with E-state index in [2.05, 4.69) is 5.32 Å². The first kappa shape index (κ1) is 16.2. The molecule has 2 aromatic rings. The van der Waals surface area contributed by atoms with Gasteiger partial charge in [-0.1, -0.05) is 48.8 Å². The third kappa shape index (κ3) is 3.33. The second-order valence-corrected chi connectivity index (χ2v) is 7.66. The number of nitrogens with two attached hydrogens (primary N) is 1. The van der Waals surface area contributed by atoms with Gasteiger partial charge in [0.15, 0.2) is 3.95 Å². The molecule has 1 aromatic carbocycles. The molecule has 1 saturated carbocycles. The van der Waals surface area contributed by atoms with Crippen molar-refractivity contribution in [3.05, 3.63) is 38.7 Å². The zero-order chi connectivity index (χ0) is 16.4. The van der Waals surface area contributed by atoms with Crippen molar-refractivity contribution in [3.63, 3.8) is 0 Å². The Morgan fingerprint density at radius 3 is 2.70 bits per heavy atom. The van der Waals surface area contributed by atoms with Crippen molar-refractivity contribution in [1.82, 2.24) is 4.57 Å². The highest BCUT2D eigenvalue weighted by Crippen LogP contribution is 2.34. The quantitative estimate of drug-likeness (QED) is 0.774. The summed E-state index contributed by atoms with van der Waals surface area (Å²) < 4.78 is 2.69. The molecule has 0 bridgehead atoms. The average Bonchev–Trinajstić information content (AvgIpc) is 2.85. The molecule has 1 heterocycles. The molecule has 23 heavy (non-hydrogen) atoms. The number of hydrogen-bond donors (Lipinski definition) is 2. The molecular formula is C17H21N3OS2. The summed E-state index contributed by atoms with van der Waals surface area (Å²) in [6.45, 7) is 1.97. The van der Waals surface area contributed by atoms with E-state index in [1.807, 2.05) is 35.8 Å². The fourth-order valence-corrected chi connectivity index (χ4v) is 4.50. The molecule has 122 valence electrons. The predicted octanol–water partition coefficient (Wildman–Crippen LogP) is 4.93. The number of aryl methyl sites for hydroxylation is 1. The van der Waals surface area contributed by atoms with Crippen LogP contribution in [-0.4, -0.2) is 10.5 Å². The number of rotatable bonds is 3. The maximum Gasteiger partial charge on any atom is 0.269 e. The van der Waals surface area contributed by atoms with Crippen LogP contribution in [0.4, 0.5) is 11.5 Å². The number of hydrogen-bond acceptors (Lipinski definition) is 4. The van der Waals surface area contributed by atoms with Crippen LogP contribution in [0.25, 0.3) is 0 Å². The minimum atomic E-state index is -0.178. The molecular weight excluding hydrogens is 326 g/mol. The van der Waals surface area contributed by atoms with Crippen molar-refractivity contribution < 1.29 is 4.79 Å². The van der Waals surface area contributed by atoms with Gasteiger partial charge in [0, 0.05) is 11.7 Å². The summed E-state index contributed by atoms with van der Waals surface area (Å²) in [7, 11) is 0. The van der Waals surface area contributed by atoms with Crippen LogP contribution in [0, 0.1) is 10.9 Å². The van der Waals surface area contributed by atoms with Gasteiger partial charge in [0.1, 0.15) is 10.7 Å². The number of nitrogens with zero attached hydrogens (tertiary/aromatic N) is 1. The lowest BCUT2D eigenvalue weighted by Crippen LogP contribution is -2.18. The van der Waals surface area contributed by atoms with Gasteiger partial charge in [-0.2, -0.15) is 0 Å². The lowest BCUT2D eigenvalue weighted by molar-refractivity contribution is 0.103. The zero-order valence-electron chi connectivity index (χ0n) is 13.2. The predicted molar refractivity (Wildman–Crippen MR) is 98.8 cm³/mol. The number of para-hydroxylation sites is 1. The Morgan fingerprint density at radius 1 is 1.30 bits per heavy atom. The van der Waals surface area contributed by atoms with Crippen molar-refractivity contribution in [2.45, 2.75) is 45.1 Å². The maximum atomic E-state index is 12.6. The third-order valence-electron chi connectivity index (χ3n) is 4.42. The highest BCUT2D eigenvalue weighted by Gasteiger charge is 2.23. The molecule has 0 unspecified atom stereocenters. The van der Waals surface area contributed by atoms with Gasteiger partial charge in [0.05, 0.1) is 0 Å². The summed E-state index contributed by atoms with van der Waals surface area (Å²) in [5.41, 5.74) is 8.10. The summed E-state index contributed by atoms with van der Waals surface area (Å²) >= 11 is 6.78. The molecule has 0 atom stereocenters. The first-order valence-corrected chi connectivity index (χ1v) is 9.18. The molecule has 0 radical (unpaired) electrons. The van der Waals surface area contributed by atoms with E-state index < -0.39 is 0 Å². The molecule has 1 amide bonds. The number of anilines is 2. The normalized spacial score (nSPS) is 15.5. The molecule has 1 aromatic heterocycles. The van der Waals surface area contributed by atoms with Crippen LogP contribution in [0.5, 0.6) is 0 Å². The Balaban J connectivity index is 1.87. The van der Waals surface area contributed by atoms with Crippen LogP contribution in [0.3, 0.4) is 0 Å². The van der Waals surface area contributed by atoms with Gasteiger partial charge in [-0.25, -0.2) is 0 Å². The lowest BCUT2D eigenvalue weighted by Gasteiger charge is -2.24. The number of nitrogen functional groups attached to an aromatic ring is 1. The minimum absolute atomic E-state index is 0.178. The molecule has 3 N–H and O–H groups in total. The Labute approximate surface area is 145 Å². The Bertz CT molecular complexity index is 772. The Morgan fingerprint density at radius 2 is 2.00 bits per heavy atom. The van der Waals surface area contributed by atoms with Crippen LogP contribution in [0.15, 0.2) is 24.3 Å². The van der Waals surface area contributed by atoms with E-state index in [1.54, 1.807) is 0 Å². The highest BCUT2D eigenvalue weighted by molar-refractivity contribution is 7.73. The Kier molecular flexibility index (Phi) is 4.82. The van der Waals surface area contributed by atoms with Gasteiger partial charge in [-0.3, -0.25) is 4.79 Å². The van der Waals surface area contributed by atoms with E-state index in [0.717, 1.165) is 24.1 Å². The van der Waals surface area contributed by atoms with Gasteiger partial charge in [-0.15, -0.1) is 0 Å². The summed E-state index contributed by atoms with van der Waals surface area (Å²) in [6, 6.07) is 8.05. The number of nitrogens with one attached hydrogen (secondary N) is 1. The van der Waals surface area contributed by atoms with Crippen molar-refractivity contribution in [3.8, 4) is 0 Å². The molecule has 4 nitrogen and oxygen atoms in total. The van der Waals surface area contributed by atoms with Crippen molar-refractivity contribution in [1.29, 1.82) is 0 Å². The average molecular weight is 348 g/mol. The van der Waals surface area contributed by atoms with Crippen molar-refractivity contribution >= 4 is 41.0 Å². The highest BCUT2D eigenvalue weighted by atomic mass is 32.1. The fraction of sp³-hybridized carbons (Fsp3) is 0.412. The SMILES string of the molecule is Cc1ccccc1NC(=O)c1sc(=S)n(C2CCCCC2)c1N. The summed E-state index contributed by atoms with van der Waals surface area (Å²) in [4.78, 5) is 13.1.